The van der Waals surface area contributed by atoms with Crippen molar-refractivity contribution in [2.24, 2.45) is 5.10 Å². The quantitative estimate of drug-likeness (QED) is 0.672. The number of carbonyl (C=O) groups is 2. The first-order chi connectivity index (χ1) is 14.3. The molecule has 0 fully saturated rings. The Kier molecular flexibility index (Phi) is 7.04. The monoisotopic (exact) mass is 491 g/mol. The van der Waals surface area contributed by atoms with Crippen LogP contribution in [0.1, 0.15) is 35.9 Å². The van der Waals surface area contributed by atoms with Crippen LogP contribution in [0.2, 0.25) is 0 Å². The normalized spacial score (nSPS) is 15.6. The number of halogens is 1. The van der Waals surface area contributed by atoms with Gasteiger partial charge in [-0.25, -0.2) is 5.01 Å². The standard InChI is InChI=1S/C21H22BrN3O4S/c1-12-5-7-15(8-6-12)11-29-19-17(22)9-16(10-18(19)28-4)20-25(14(3)27)24-21(30-20)23-13(2)26/h5-10,20H,11H2,1-4H3,(H,23,24,26). The minimum atomic E-state index is -0.430. The number of amidine groups is 1. The Hall–Kier alpha value is -2.52. The number of nitrogens with zero attached hydrogens (tertiary/aromatic N) is 2. The van der Waals surface area contributed by atoms with Crippen molar-refractivity contribution in [2.45, 2.75) is 32.8 Å². The maximum Gasteiger partial charge on any atom is 0.241 e. The molecule has 2 aromatic carbocycles. The summed E-state index contributed by atoms with van der Waals surface area (Å²) in [6.07, 6.45) is 0. The van der Waals surface area contributed by atoms with Gasteiger partial charge in [0.1, 0.15) is 12.0 Å². The van der Waals surface area contributed by atoms with E-state index in [-0.39, 0.29) is 11.8 Å². The van der Waals surface area contributed by atoms with E-state index in [0.717, 1.165) is 11.1 Å². The number of amides is 2. The van der Waals surface area contributed by atoms with E-state index in [1.807, 2.05) is 43.3 Å². The Morgan fingerprint density at radius 2 is 1.93 bits per heavy atom. The lowest BCUT2D eigenvalue weighted by Crippen LogP contribution is -2.25. The zero-order valence-electron chi connectivity index (χ0n) is 17.1. The van der Waals surface area contributed by atoms with Crippen LogP contribution in [0.25, 0.3) is 0 Å². The van der Waals surface area contributed by atoms with Gasteiger partial charge in [-0.2, -0.15) is 0 Å². The summed E-state index contributed by atoms with van der Waals surface area (Å²) < 4.78 is 12.2. The summed E-state index contributed by atoms with van der Waals surface area (Å²) in [5.74, 6) is 0.623. The molecule has 0 aromatic heterocycles. The summed E-state index contributed by atoms with van der Waals surface area (Å²) in [4.78, 5) is 23.4. The molecule has 158 valence electrons. The van der Waals surface area contributed by atoms with Crippen LogP contribution in [0.5, 0.6) is 11.5 Å². The first kappa shape index (κ1) is 22.2. The van der Waals surface area contributed by atoms with Crippen LogP contribution in [0.15, 0.2) is 46.0 Å². The van der Waals surface area contributed by atoms with E-state index in [1.54, 1.807) is 7.11 Å². The van der Waals surface area contributed by atoms with Crippen molar-refractivity contribution in [1.82, 2.24) is 10.3 Å². The number of aryl methyl sites for hydroxylation is 1. The molecule has 1 aliphatic rings. The Morgan fingerprint density at radius 1 is 1.23 bits per heavy atom. The second kappa shape index (κ2) is 9.53. The summed E-state index contributed by atoms with van der Waals surface area (Å²) in [5, 5.41) is 8.14. The molecule has 1 unspecified atom stereocenters. The largest absolute Gasteiger partial charge is 0.493 e. The summed E-state index contributed by atoms with van der Waals surface area (Å²) in [5.41, 5.74) is 3.01. The lowest BCUT2D eigenvalue weighted by molar-refractivity contribution is -0.129. The van der Waals surface area contributed by atoms with Gasteiger partial charge in [-0.15, -0.1) is 5.10 Å². The van der Waals surface area contributed by atoms with Gasteiger partial charge in [-0.05, 0) is 46.1 Å². The van der Waals surface area contributed by atoms with E-state index >= 15 is 0 Å². The molecule has 0 spiro atoms. The molecule has 0 saturated heterocycles. The highest BCUT2D eigenvalue weighted by atomic mass is 79.9. The third-order valence-corrected chi connectivity index (χ3v) is 5.98. The van der Waals surface area contributed by atoms with Crippen LogP contribution in [0.4, 0.5) is 0 Å². The highest BCUT2D eigenvalue weighted by molar-refractivity contribution is 9.10. The zero-order valence-corrected chi connectivity index (χ0v) is 19.5. The number of hydrazone groups is 1. The van der Waals surface area contributed by atoms with Crippen LogP contribution < -0.4 is 14.8 Å². The second-order valence-corrected chi connectivity index (χ2v) is 8.65. The molecule has 7 nitrogen and oxygen atoms in total. The number of benzene rings is 2. The van der Waals surface area contributed by atoms with Crippen molar-refractivity contribution in [1.29, 1.82) is 0 Å². The van der Waals surface area contributed by atoms with Crippen molar-refractivity contribution in [3.8, 4) is 11.5 Å². The fourth-order valence-corrected chi connectivity index (χ4v) is 4.53. The van der Waals surface area contributed by atoms with E-state index in [2.05, 4.69) is 26.3 Å². The van der Waals surface area contributed by atoms with E-state index in [9.17, 15) is 9.59 Å². The fourth-order valence-electron chi connectivity index (χ4n) is 2.84. The molecule has 9 heteroatoms. The molecule has 1 heterocycles. The van der Waals surface area contributed by atoms with Crippen LogP contribution in [0, 0.1) is 6.92 Å². The van der Waals surface area contributed by atoms with Crippen LogP contribution >= 0.6 is 27.7 Å². The molecule has 30 heavy (non-hydrogen) atoms. The number of carbonyl (C=O) groups excluding carboxylic acids is 2. The van der Waals surface area contributed by atoms with Crippen molar-refractivity contribution in [3.63, 3.8) is 0 Å². The Morgan fingerprint density at radius 3 is 2.53 bits per heavy atom. The van der Waals surface area contributed by atoms with Gasteiger partial charge in [0.05, 0.1) is 11.6 Å². The SMILES string of the molecule is COc1cc(C2SC(NC(C)=O)=NN2C(C)=O)cc(Br)c1OCc1ccc(C)cc1. The second-order valence-electron chi connectivity index (χ2n) is 6.73. The predicted octanol–water partition coefficient (Wildman–Crippen LogP) is 4.35. The minimum absolute atomic E-state index is 0.234. The number of thioether (sulfide) groups is 1. The highest BCUT2D eigenvalue weighted by Crippen LogP contribution is 2.44. The first-order valence-electron chi connectivity index (χ1n) is 9.17. The van der Waals surface area contributed by atoms with Gasteiger partial charge in [0, 0.05) is 13.8 Å². The van der Waals surface area contributed by atoms with Crippen molar-refractivity contribution in [2.75, 3.05) is 7.11 Å². The van der Waals surface area contributed by atoms with Crippen molar-refractivity contribution in [3.05, 3.63) is 57.6 Å². The smallest absolute Gasteiger partial charge is 0.241 e. The lowest BCUT2D eigenvalue weighted by Gasteiger charge is -2.21. The molecule has 0 bridgehead atoms. The van der Waals surface area contributed by atoms with Gasteiger partial charge < -0.3 is 14.8 Å². The number of methoxy groups -OCH3 is 1. The fraction of sp³-hybridized carbons (Fsp3) is 0.286. The number of ether oxygens (including phenoxy) is 2. The van der Waals surface area contributed by atoms with Gasteiger partial charge >= 0.3 is 0 Å². The maximum absolute atomic E-state index is 12.1. The van der Waals surface area contributed by atoms with Crippen LogP contribution in [-0.4, -0.2) is 29.1 Å². The summed E-state index contributed by atoms with van der Waals surface area (Å²) in [6, 6.07) is 11.8. The molecular formula is C21H22BrN3O4S. The molecule has 2 amide bonds. The number of hydrogen-bond acceptors (Lipinski definition) is 6. The highest BCUT2D eigenvalue weighted by Gasteiger charge is 2.33. The third kappa shape index (κ3) is 5.14. The molecule has 0 aliphatic carbocycles. The molecular weight excluding hydrogens is 470 g/mol. The molecule has 0 saturated carbocycles. The lowest BCUT2D eigenvalue weighted by atomic mass is 10.1. The first-order valence-corrected chi connectivity index (χ1v) is 10.8. The van der Waals surface area contributed by atoms with E-state index in [0.29, 0.717) is 27.7 Å². The summed E-state index contributed by atoms with van der Waals surface area (Å²) >= 11 is 4.84. The average Bonchev–Trinajstić information content (AvgIpc) is 3.11. The minimum Gasteiger partial charge on any atom is -0.493 e. The maximum atomic E-state index is 12.1. The Labute approximate surface area is 187 Å². The molecule has 0 radical (unpaired) electrons. The number of hydrogen-bond donors (Lipinski definition) is 1. The van der Waals surface area contributed by atoms with Gasteiger partial charge in [0.2, 0.25) is 11.8 Å². The zero-order chi connectivity index (χ0) is 21.8. The molecule has 2 aromatic rings. The predicted molar refractivity (Wildman–Crippen MR) is 120 cm³/mol. The van der Waals surface area contributed by atoms with Crippen molar-refractivity contribution >= 4 is 44.7 Å². The van der Waals surface area contributed by atoms with Gasteiger partial charge in [0.15, 0.2) is 16.7 Å². The molecule has 1 atom stereocenters. The van der Waals surface area contributed by atoms with E-state index < -0.39 is 5.37 Å². The number of nitrogens with one attached hydrogen (secondary N) is 1. The average molecular weight is 492 g/mol. The summed E-state index contributed by atoms with van der Waals surface area (Å²) in [6.45, 7) is 5.25. The molecule has 1 N–H and O–H groups in total. The van der Waals surface area contributed by atoms with Gasteiger partial charge in [-0.1, -0.05) is 41.6 Å². The van der Waals surface area contributed by atoms with Crippen LogP contribution in [0.3, 0.4) is 0 Å². The Balaban J connectivity index is 1.84. The summed E-state index contributed by atoms with van der Waals surface area (Å²) in [7, 11) is 1.56. The van der Waals surface area contributed by atoms with Gasteiger partial charge in [0.25, 0.3) is 0 Å². The van der Waals surface area contributed by atoms with Crippen LogP contribution in [-0.2, 0) is 16.2 Å². The van der Waals surface area contributed by atoms with Gasteiger partial charge in [-0.3, -0.25) is 9.59 Å². The number of rotatable bonds is 5. The molecule has 1 aliphatic heterocycles. The Bertz CT molecular complexity index is 994. The van der Waals surface area contributed by atoms with E-state index in [1.165, 1.54) is 36.2 Å². The topological polar surface area (TPSA) is 80.2 Å². The van der Waals surface area contributed by atoms with E-state index in [4.69, 9.17) is 9.47 Å². The molecule has 3 rings (SSSR count). The third-order valence-electron chi connectivity index (χ3n) is 4.29. The van der Waals surface area contributed by atoms with Crippen molar-refractivity contribution < 1.29 is 19.1 Å².